The Balaban J connectivity index is 2.43. The van der Waals surface area contributed by atoms with Crippen LogP contribution in [0, 0.1) is 5.92 Å². The van der Waals surface area contributed by atoms with Gasteiger partial charge in [-0.2, -0.15) is 0 Å². The van der Waals surface area contributed by atoms with E-state index in [-0.39, 0.29) is 5.54 Å². The lowest BCUT2D eigenvalue weighted by Gasteiger charge is -2.29. The third-order valence-corrected chi connectivity index (χ3v) is 3.63. The van der Waals surface area contributed by atoms with Gasteiger partial charge in [-0.1, -0.05) is 32.0 Å². The molecule has 0 saturated heterocycles. The van der Waals surface area contributed by atoms with E-state index in [9.17, 15) is 0 Å². The van der Waals surface area contributed by atoms with Gasteiger partial charge in [-0.15, -0.1) is 0 Å². The van der Waals surface area contributed by atoms with Gasteiger partial charge < -0.3 is 5.73 Å². The topological polar surface area (TPSA) is 38.9 Å². The summed E-state index contributed by atoms with van der Waals surface area (Å²) >= 11 is 0. The van der Waals surface area contributed by atoms with Gasteiger partial charge in [-0.25, -0.2) is 0 Å². The first kappa shape index (κ1) is 12.1. The number of fused-ring (bicyclic) bond motifs is 1. The van der Waals surface area contributed by atoms with Crippen LogP contribution in [-0.2, 0) is 6.42 Å². The Kier molecular flexibility index (Phi) is 3.16. The maximum absolute atomic E-state index is 6.36. The van der Waals surface area contributed by atoms with Crippen LogP contribution >= 0.6 is 0 Å². The van der Waals surface area contributed by atoms with Gasteiger partial charge in [0.25, 0.3) is 0 Å². The first-order valence-corrected chi connectivity index (χ1v) is 6.12. The van der Waals surface area contributed by atoms with Crippen molar-refractivity contribution in [3.8, 4) is 0 Å². The van der Waals surface area contributed by atoms with Crippen molar-refractivity contribution in [1.82, 2.24) is 4.98 Å². The second-order valence-electron chi connectivity index (χ2n) is 5.32. The second kappa shape index (κ2) is 4.46. The highest BCUT2D eigenvalue weighted by Gasteiger charge is 2.23. The number of aromatic nitrogens is 1. The minimum Gasteiger partial charge on any atom is -0.325 e. The third-order valence-electron chi connectivity index (χ3n) is 3.63. The van der Waals surface area contributed by atoms with Gasteiger partial charge in [0, 0.05) is 17.1 Å². The van der Waals surface area contributed by atoms with Crippen molar-refractivity contribution in [2.75, 3.05) is 0 Å². The van der Waals surface area contributed by atoms with E-state index >= 15 is 0 Å². The van der Waals surface area contributed by atoms with Crippen LogP contribution in [0.25, 0.3) is 10.9 Å². The average Bonchev–Trinajstić information content (AvgIpc) is 2.29. The summed E-state index contributed by atoms with van der Waals surface area (Å²) in [5.74, 6) is 0.453. The molecule has 1 atom stereocenters. The quantitative estimate of drug-likeness (QED) is 0.876. The lowest BCUT2D eigenvalue weighted by Crippen LogP contribution is -2.43. The van der Waals surface area contributed by atoms with Gasteiger partial charge in [0.2, 0.25) is 0 Å². The number of para-hydroxylation sites is 1. The number of hydrogen-bond acceptors (Lipinski definition) is 2. The van der Waals surface area contributed by atoms with E-state index in [1.54, 1.807) is 0 Å². The average molecular weight is 228 g/mol. The Labute approximate surface area is 103 Å². The van der Waals surface area contributed by atoms with Gasteiger partial charge in [-0.3, -0.25) is 4.98 Å². The molecule has 0 aliphatic carbocycles. The molecular weight excluding hydrogens is 208 g/mol. The highest BCUT2D eigenvalue weighted by atomic mass is 14.7. The lowest BCUT2D eigenvalue weighted by atomic mass is 9.83. The van der Waals surface area contributed by atoms with Crippen molar-refractivity contribution in [2.45, 2.75) is 32.7 Å². The Morgan fingerprint density at radius 3 is 2.65 bits per heavy atom. The van der Waals surface area contributed by atoms with Crippen molar-refractivity contribution in [3.05, 3.63) is 42.1 Å². The molecule has 0 saturated carbocycles. The fraction of sp³-hybridized carbons (Fsp3) is 0.400. The molecule has 0 aliphatic heterocycles. The van der Waals surface area contributed by atoms with E-state index in [4.69, 9.17) is 5.73 Å². The molecule has 0 bridgehead atoms. The van der Waals surface area contributed by atoms with Crippen molar-refractivity contribution >= 4 is 10.9 Å². The van der Waals surface area contributed by atoms with Crippen molar-refractivity contribution in [1.29, 1.82) is 0 Å². The molecule has 0 amide bonds. The number of nitrogens with zero attached hydrogens (tertiary/aromatic N) is 1. The van der Waals surface area contributed by atoms with E-state index in [1.165, 1.54) is 10.9 Å². The monoisotopic (exact) mass is 228 g/mol. The molecule has 2 heteroatoms. The maximum Gasteiger partial charge on any atom is 0.0704 e. The number of rotatable bonds is 3. The number of hydrogen-bond donors (Lipinski definition) is 1. The second-order valence-corrected chi connectivity index (χ2v) is 5.32. The fourth-order valence-electron chi connectivity index (χ4n) is 1.92. The SMILES string of the molecule is CC(C)C(C)(N)Cc1ccnc2ccccc12. The molecule has 90 valence electrons. The van der Waals surface area contributed by atoms with Crippen LogP contribution in [0.1, 0.15) is 26.3 Å². The number of benzene rings is 1. The zero-order chi connectivity index (χ0) is 12.5. The summed E-state index contributed by atoms with van der Waals surface area (Å²) < 4.78 is 0. The van der Waals surface area contributed by atoms with Crippen LogP contribution in [0.3, 0.4) is 0 Å². The smallest absolute Gasteiger partial charge is 0.0704 e. The summed E-state index contributed by atoms with van der Waals surface area (Å²) in [4.78, 5) is 4.38. The van der Waals surface area contributed by atoms with E-state index in [0.717, 1.165) is 11.9 Å². The maximum atomic E-state index is 6.36. The van der Waals surface area contributed by atoms with Gasteiger partial charge in [0.05, 0.1) is 5.52 Å². The van der Waals surface area contributed by atoms with E-state index in [2.05, 4.69) is 44.0 Å². The molecule has 1 heterocycles. The van der Waals surface area contributed by atoms with Crippen LogP contribution in [0.4, 0.5) is 0 Å². The fourth-order valence-corrected chi connectivity index (χ4v) is 1.92. The Bertz CT molecular complexity index is 510. The van der Waals surface area contributed by atoms with E-state index in [0.29, 0.717) is 5.92 Å². The molecule has 2 nitrogen and oxygen atoms in total. The number of pyridine rings is 1. The minimum atomic E-state index is -0.176. The van der Waals surface area contributed by atoms with Gasteiger partial charge >= 0.3 is 0 Å². The molecule has 0 radical (unpaired) electrons. The van der Waals surface area contributed by atoms with Crippen molar-refractivity contribution in [3.63, 3.8) is 0 Å². The molecule has 17 heavy (non-hydrogen) atoms. The molecular formula is C15H20N2. The predicted molar refractivity (Wildman–Crippen MR) is 72.9 cm³/mol. The Morgan fingerprint density at radius 1 is 1.24 bits per heavy atom. The zero-order valence-corrected chi connectivity index (χ0v) is 10.8. The van der Waals surface area contributed by atoms with Gasteiger partial charge in [0.1, 0.15) is 0 Å². The molecule has 1 aromatic heterocycles. The number of nitrogens with two attached hydrogens (primary N) is 1. The molecule has 2 N–H and O–H groups in total. The third kappa shape index (κ3) is 2.47. The minimum absolute atomic E-state index is 0.176. The first-order chi connectivity index (χ1) is 8.00. The molecule has 0 spiro atoms. The summed E-state index contributed by atoms with van der Waals surface area (Å²) in [5, 5.41) is 1.22. The van der Waals surface area contributed by atoms with Crippen LogP contribution < -0.4 is 5.73 Å². The summed E-state index contributed by atoms with van der Waals surface area (Å²) in [6.07, 6.45) is 2.75. The molecule has 2 rings (SSSR count). The molecule has 1 unspecified atom stereocenters. The van der Waals surface area contributed by atoms with Crippen LogP contribution in [0.2, 0.25) is 0 Å². The molecule has 1 aromatic carbocycles. The molecule has 0 aliphatic rings. The standard InChI is InChI=1S/C15H20N2/c1-11(2)15(3,16)10-12-8-9-17-14-7-5-4-6-13(12)14/h4-9,11H,10,16H2,1-3H3. The van der Waals surface area contributed by atoms with Crippen molar-refractivity contribution < 1.29 is 0 Å². The highest BCUT2D eigenvalue weighted by molar-refractivity contribution is 5.81. The van der Waals surface area contributed by atoms with E-state index < -0.39 is 0 Å². The van der Waals surface area contributed by atoms with Crippen molar-refractivity contribution in [2.24, 2.45) is 11.7 Å². The summed E-state index contributed by atoms with van der Waals surface area (Å²) in [6.45, 7) is 6.46. The van der Waals surface area contributed by atoms with Crippen LogP contribution in [-0.4, -0.2) is 10.5 Å². The van der Waals surface area contributed by atoms with E-state index in [1.807, 2.05) is 18.3 Å². The first-order valence-electron chi connectivity index (χ1n) is 6.12. The Morgan fingerprint density at radius 2 is 1.94 bits per heavy atom. The zero-order valence-electron chi connectivity index (χ0n) is 10.8. The van der Waals surface area contributed by atoms with Crippen LogP contribution in [0.15, 0.2) is 36.5 Å². The predicted octanol–water partition coefficient (Wildman–Crippen LogP) is 3.15. The molecule has 2 aromatic rings. The molecule has 0 fully saturated rings. The summed E-state index contributed by atoms with van der Waals surface area (Å²) in [5.41, 5.74) is 8.52. The summed E-state index contributed by atoms with van der Waals surface area (Å²) in [7, 11) is 0. The van der Waals surface area contributed by atoms with Gasteiger partial charge in [0.15, 0.2) is 0 Å². The summed E-state index contributed by atoms with van der Waals surface area (Å²) in [6, 6.07) is 10.3. The normalized spacial score (nSPS) is 15.1. The highest BCUT2D eigenvalue weighted by Crippen LogP contribution is 2.24. The largest absolute Gasteiger partial charge is 0.325 e. The Hall–Kier alpha value is -1.41. The van der Waals surface area contributed by atoms with Crippen LogP contribution in [0.5, 0.6) is 0 Å². The lowest BCUT2D eigenvalue weighted by molar-refractivity contribution is 0.338. The van der Waals surface area contributed by atoms with Gasteiger partial charge in [-0.05, 0) is 37.0 Å².